The van der Waals surface area contributed by atoms with Gasteiger partial charge in [-0.25, -0.2) is 9.67 Å². The van der Waals surface area contributed by atoms with Gasteiger partial charge >= 0.3 is 29.6 Å². The van der Waals surface area contributed by atoms with Crippen molar-refractivity contribution in [3.63, 3.8) is 0 Å². The largest absolute Gasteiger partial charge is 1.00 e. The van der Waals surface area contributed by atoms with Gasteiger partial charge in [-0.1, -0.05) is 34.7 Å². The Kier molecular flexibility index (Phi) is 8.35. The van der Waals surface area contributed by atoms with Crippen LogP contribution in [0.5, 0.6) is 0 Å². The number of aliphatic carboxylic acids is 1. The first kappa shape index (κ1) is 26.2. The number of thiazole rings is 1. The molecule has 0 saturated carbocycles. The first-order valence-electron chi connectivity index (χ1n) is 9.07. The third-order valence-electron chi connectivity index (χ3n) is 5.07. The number of hydrogen-bond donors (Lipinski definition) is 2. The number of thioether (sulfide) groups is 2. The molecule has 4 rings (SSSR count). The van der Waals surface area contributed by atoms with E-state index in [1.165, 1.54) is 39.3 Å². The molecule has 4 heterocycles. The summed E-state index contributed by atoms with van der Waals surface area (Å²) in [5, 5.41) is 26.1. The molecule has 2 amide bonds. The summed E-state index contributed by atoms with van der Waals surface area (Å²) in [6, 6.07) is -0.792. The number of amides is 2. The normalized spacial score (nSPS) is 24.5. The molecule has 17 heteroatoms. The van der Waals surface area contributed by atoms with E-state index in [1.807, 2.05) is 0 Å². The van der Waals surface area contributed by atoms with Crippen molar-refractivity contribution >= 4 is 74.9 Å². The second kappa shape index (κ2) is 10.5. The number of hydrogen-bond acceptors (Lipinski definition) is 12. The van der Waals surface area contributed by atoms with Crippen LogP contribution < -0.4 is 45.7 Å². The Hall–Kier alpha value is -1.36. The number of nitrogens with one attached hydrogen (secondary N) is 1. The maximum absolute atomic E-state index is 12.7. The molecule has 0 radical (unpaired) electrons. The molecule has 170 valence electrons. The number of aromatic nitrogens is 5. The van der Waals surface area contributed by atoms with Crippen molar-refractivity contribution in [2.24, 2.45) is 12.5 Å². The number of aryl methyl sites for hydroxylation is 1. The van der Waals surface area contributed by atoms with Gasteiger partial charge in [0.1, 0.15) is 11.4 Å². The van der Waals surface area contributed by atoms with Crippen molar-refractivity contribution in [3.8, 4) is 0 Å². The van der Waals surface area contributed by atoms with E-state index in [-0.39, 0.29) is 69.6 Å². The molecule has 2 saturated heterocycles. The monoisotopic (exact) mass is 538 g/mol. The molecule has 3 atom stereocenters. The van der Waals surface area contributed by atoms with Crippen molar-refractivity contribution in [2.45, 2.75) is 16.6 Å². The van der Waals surface area contributed by atoms with Crippen LogP contribution in [0.1, 0.15) is 4.88 Å². The molecule has 33 heavy (non-hydrogen) atoms. The van der Waals surface area contributed by atoms with Crippen molar-refractivity contribution < 1.29 is 49.0 Å². The molecular formula is C16H16ClN8NaO4S3. The molecular weight excluding hydrogens is 523 g/mol. The summed E-state index contributed by atoms with van der Waals surface area (Å²) in [4.78, 5) is 43.2. The van der Waals surface area contributed by atoms with Gasteiger partial charge in [0.15, 0.2) is 5.13 Å². The molecule has 0 bridgehead atoms. The fraction of sp³-hybridized carbons (Fsp3) is 0.438. The van der Waals surface area contributed by atoms with E-state index in [9.17, 15) is 19.5 Å². The second-order valence-electron chi connectivity index (χ2n) is 7.15. The number of nitrogen functional groups attached to an aromatic ring is 1. The Morgan fingerprint density at radius 3 is 2.85 bits per heavy atom. The number of halogens is 1. The van der Waals surface area contributed by atoms with Crippen LogP contribution in [-0.2, 0) is 21.4 Å². The van der Waals surface area contributed by atoms with Crippen LogP contribution in [0, 0.1) is 5.41 Å². The number of carbonyl (C=O) groups excluding carboxylic acids is 3. The SMILES string of the molecule is Cn1nnnc1SCC1(C(=O)[O-])CS[C@@H]2C(NC(=O)C(=CCl)c3cnc(N)s3)C(=O)N2C1.[Na+]. The Balaban J connectivity index is 0.00000306. The number of carboxylic acid groups (broad SMARTS) is 1. The summed E-state index contributed by atoms with van der Waals surface area (Å²) in [6.07, 6.45) is 1.43. The zero-order chi connectivity index (χ0) is 23.0. The van der Waals surface area contributed by atoms with Crippen molar-refractivity contribution in [2.75, 3.05) is 23.8 Å². The predicted molar refractivity (Wildman–Crippen MR) is 117 cm³/mol. The summed E-state index contributed by atoms with van der Waals surface area (Å²) >= 11 is 9.37. The summed E-state index contributed by atoms with van der Waals surface area (Å²) in [6.45, 7) is -0.0277. The minimum absolute atomic E-state index is 0. The van der Waals surface area contributed by atoms with E-state index >= 15 is 0 Å². The average Bonchev–Trinajstić information content (AvgIpc) is 3.38. The Morgan fingerprint density at radius 2 is 2.27 bits per heavy atom. The number of anilines is 1. The molecule has 2 aromatic rings. The maximum atomic E-state index is 12.7. The van der Waals surface area contributed by atoms with Gasteiger partial charge in [0.25, 0.3) is 5.91 Å². The minimum Gasteiger partial charge on any atom is -0.549 e. The van der Waals surface area contributed by atoms with Gasteiger partial charge in [0, 0.05) is 42.2 Å². The van der Waals surface area contributed by atoms with E-state index in [4.69, 9.17) is 17.3 Å². The van der Waals surface area contributed by atoms with E-state index in [0.29, 0.717) is 10.0 Å². The summed E-state index contributed by atoms with van der Waals surface area (Å²) in [5.74, 6) is -1.82. The second-order valence-corrected chi connectivity index (χ2v) is 10.5. The molecule has 0 aliphatic carbocycles. The third-order valence-corrected chi connectivity index (χ3v) is 9.03. The van der Waals surface area contributed by atoms with Gasteiger partial charge < -0.3 is 25.9 Å². The number of nitrogens with two attached hydrogens (primary N) is 1. The molecule has 2 aliphatic heterocycles. The molecule has 2 fully saturated rings. The molecule has 0 spiro atoms. The molecule has 12 nitrogen and oxygen atoms in total. The fourth-order valence-electron chi connectivity index (χ4n) is 3.29. The summed E-state index contributed by atoms with van der Waals surface area (Å²) in [7, 11) is 1.65. The predicted octanol–water partition coefficient (Wildman–Crippen LogP) is -4.24. The first-order chi connectivity index (χ1) is 15.3. The average molecular weight is 539 g/mol. The van der Waals surface area contributed by atoms with E-state index in [0.717, 1.165) is 16.9 Å². The van der Waals surface area contributed by atoms with Crippen LogP contribution in [0.2, 0.25) is 0 Å². The molecule has 2 aliphatic rings. The van der Waals surface area contributed by atoms with Crippen molar-refractivity contribution in [3.05, 3.63) is 16.6 Å². The van der Waals surface area contributed by atoms with Gasteiger partial charge in [-0.2, -0.15) is 0 Å². The van der Waals surface area contributed by atoms with Gasteiger partial charge in [0.05, 0.1) is 16.4 Å². The number of carboxylic acids is 1. The molecule has 0 aromatic carbocycles. The Labute approximate surface area is 227 Å². The minimum atomic E-state index is -1.27. The Morgan fingerprint density at radius 1 is 1.52 bits per heavy atom. The zero-order valence-electron chi connectivity index (χ0n) is 17.4. The maximum Gasteiger partial charge on any atom is 1.00 e. The Bertz CT molecular complexity index is 1110. The van der Waals surface area contributed by atoms with Crippen LogP contribution >= 0.6 is 46.5 Å². The number of nitrogens with zero attached hydrogens (tertiary/aromatic N) is 6. The van der Waals surface area contributed by atoms with Crippen LogP contribution in [-0.4, -0.2) is 77.3 Å². The van der Waals surface area contributed by atoms with Gasteiger partial charge in [-0.15, -0.1) is 16.9 Å². The number of fused-ring (bicyclic) bond motifs is 1. The number of carbonyl (C=O) groups is 3. The van der Waals surface area contributed by atoms with Crippen LogP contribution in [0.15, 0.2) is 16.9 Å². The quantitative estimate of drug-likeness (QED) is 0.151. The first-order valence-corrected chi connectivity index (χ1v) is 12.4. The fourth-order valence-corrected chi connectivity index (χ4v) is 6.97. The van der Waals surface area contributed by atoms with Gasteiger partial charge in [-0.05, 0) is 10.4 Å². The molecule has 2 aromatic heterocycles. The molecule has 3 N–H and O–H groups in total. The number of rotatable bonds is 7. The van der Waals surface area contributed by atoms with Crippen molar-refractivity contribution in [1.82, 2.24) is 35.4 Å². The van der Waals surface area contributed by atoms with Crippen LogP contribution in [0.25, 0.3) is 5.57 Å². The molecule has 2 unspecified atom stereocenters. The van der Waals surface area contributed by atoms with E-state index < -0.39 is 23.3 Å². The number of β-lactam (4-membered cyclic amide) rings is 1. The van der Waals surface area contributed by atoms with Crippen LogP contribution in [0.3, 0.4) is 0 Å². The van der Waals surface area contributed by atoms with E-state index in [1.54, 1.807) is 7.05 Å². The van der Waals surface area contributed by atoms with E-state index in [2.05, 4.69) is 25.8 Å². The summed E-state index contributed by atoms with van der Waals surface area (Å²) < 4.78 is 1.44. The zero-order valence-corrected chi connectivity index (χ0v) is 22.6. The van der Waals surface area contributed by atoms with Crippen molar-refractivity contribution in [1.29, 1.82) is 0 Å². The summed E-state index contributed by atoms with van der Waals surface area (Å²) in [5.41, 5.74) is 5.59. The van der Waals surface area contributed by atoms with Gasteiger partial charge in [-0.3, -0.25) is 9.59 Å². The smallest absolute Gasteiger partial charge is 0.549 e. The third kappa shape index (κ3) is 5.04. The van der Waals surface area contributed by atoms with Crippen LogP contribution in [0.4, 0.5) is 5.13 Å². The number of tetrazole rings is 1. The van der Waals surface area contributed by atoms with Gasteiger partial charge in [0.2, 0.25) is 11.1 Å². The topological polar surface area (TPSA) is 172 Å². The standard InChI is InChI=1S/C16H17ClN8O4S3.Na/c1-24-15(21-22-23-24)31-6-16(13(28)29)4-25-11(27)9(12(25)30-5-16)20-10(26)7(2-17)8-3-19-14(18)32-8;/h2-3,9,12H,4-6H2,1H3,(H2,18,19)(H,20,26)(H,28,29);/q;+1/p-1/t9?,12-,16?;/m1./s1.